The maximum absolute atomic E-state index is 11.9. The number of amides is 1. The SMILES string of the molecule is CSc1nc(C)cc(SCC(=O)NN=C(C)Cc2ccccc2)n1. The van der Waals surface area contributed by atoms with Crippen molar-refractivity contribution in [3.8, 4) is 0 Å². The molecule has 0 fully saturated rings. The third-order valence-electron chi connectivity index (χ3n) is 3.02. The summed E-state index contributed by atoms with van der Waals surface area (Å²) in [4.78, 5) is 20.6. The van der Waals surface area contributed by atoms with E-state index in [-0.39, 0.29) is 11.7 Å². The topological polar surface area (TPSA) is 67.2 Å². The first-order valence-electron chi connectivity index (χ1n) is 7.45. The average molecular weight is 361 g/mol. The first-order chi connectivity index (χ1) is 11.6. The average Bonchev–Trinajstić information content (AvgIpc) is 2.58. The Morgan fingerprint density at radius 1 is 1.25 bits per heavy atom. The van der Waals surface area contributed by atoms with Gasteiger partial charge in [0.2, 0.25) is 5.91 Å². The molecular weight excluding hydrogens is 340 g/mol. The Bertz CT molecular complexity index is 720. The van der Waals surface area contributed by atoms with E-state index in [0.717, 1.165) is 28.0 Å². The maximum atomic E-state index is 11.9. The molecule has 1 aromatic carbocycles. The van der Waals surface area contributed by atoms with Crippen LogP contribution in [0.4, 0.5) is 0 Å². The molecule has 0 spiro atoms. The van der Waals surface area contributed by atoms with Gasteiger partial charge in [0.25, 0.3) is 0 Å². The van der Waals surface area contributed by atoms with Gasteiger partial charge < -0.3 is 0 Å². The minimum atomic E-state index is -0.144. The fraction of sp³-hybridized carbons (Fsp3) is 0.294. The lowest BCUT2D eigenvalue weighted by Crippen LogP contribution is -2.21. The molecule has 1 N–H and O–H groups in total. The van der Waals surface area contributed by atoms with Crippen molar-refractivity contribution in [1.82, 2.24) is 15.4 Å². The van der Waals surface area contributed by atoms with E-state index in [1.807, 2.05) is 56.5 Å². The van der Waals surface area contributed by atoms with Crippen molar-refractivity contribution >= 4 is 35.1 Å². The predicted molar refractivity (Wildman–Crippen MR) is 101 cm³/mol. The van der Waals surface area contributed by atoms with Crippen molar-refractivity contribution in [1.29, 1.82) is 0 Å². The van der Waals surface area contributed by atoms with Gasteiger partial charge in [0.1, 0.15) is 5.03 Å². The monoisotopic (exact) mass is 360 g/mol. The first-order valence-corrected chi connectivity index (χ1v) is 9.66. The number of nitrogens with one attached hydrogen (secondary N) is 1. The Morgan fingerprint density at radius 2 is 2.00 bits per heavy atom. The predicted octanol–water partition coefficient (Wildman–Crippen LogP) is 3.33. The van der Waals surface area contributed by atoms with Gasteiger partial charge in [0.05, 0.1) is 5.75 Å². The van der Waals surface area contributed by atoms with Crippen LogP contribution in [0.2, 0.25) is 0 Å². The molecule has 1 aromatic heterocycles. The van der Waals surface area contributed by atoms with Crippen LogP contribution in [0.15, 0.2) is 51.7 Å². The molecule has 0 saturated heterocycles. The van der Waals surface area contributed by atoms with Crippen LogP contribution in [0, 0.1) is 6.92 Å². The summed E-state index contributed by atoms with van der Waals surface area (Å²) in [7, 11) is 0. The summed E-state index contributed by atoms with van der Waals surface area (Å²) >= 11 is 2.87. The summed E-state index contributed by atoms with van der Waals surface area (Å²) in [5.74, 6) is 0.126. The van der Waals surface area contributed by atoms with Crippen LogP contribution >= 0.6 is 23.5 Å². The van der Waals surface area contributed by atoms with E-state index in [1.54, 1.807) is 0 Å². The fourth-order valence-corrected chi connectivity index (χ4v) is 3.17. The van der Waals surface area contributed by atoms with Gasteiger partial charge in [-0.25, -0.2) is 15.4 Å². The molecule has 1 amide bonds. The molecule has 0 saturated carbocycles. The van der Waals surface area contributed by atoms with E-state index in [1.165, 1.54) is 29.1 Å². The minimum Gasteiger partial charge on any atom is -0.272 e. The molecule has 0 radical (unpaired) electrons. The smallest absolute Gasteiger partial charge is 0.250 e. The number of carbonyl (C=O) groups excluding carboxylic acids is 1. The maximum Gasteiger partial charge on any atom is 0.250 e. The van der Waals surface area contributed by atoms with Crippen molar-refractivity contribution in [2.75, 3.05) is 12.0 Å². The lowest BCUT2D eigenvalue weighted by molar-refractivity contribution is -0.118. The molecule has 0 atom stereocenters. The number of aryl methyl sites for hydroxylation is 1. The fourth-order valence-electron chi connectivity index (χ4n) is 1.94. The molecular formula is C17H20N4OS2. The molecule has 7 heteroatoms. The molecule has 0 aliphatic rings. The minimum absolute atomic E-state index is 0.144. The molecule has 1 heterocycles. The second-order valence-electron chi connectivity index (χ2n) is 5.17. The normalized spacial score (nSPS) is 11.4. The number of hydrogen-bond donors (Lipinski definition) is 1. The Labute approximate surface area is 150 Å². The van der Waals surface area contributed by atoms with E-state index in [9.17, 15) is 4.79 Å². The number of rotatable bonds is 7. The van der Waals surface area contributed by atoms with Crippen molar-refractivity contribution < 1.29 is 4.79 Å². The summed E-state index contributed by atoms with van der Waals surface area (Å²) in [6, 6.07) is 11.9. The highest BCUT2D eigenvalue weighted by Gasteiger charge is 2.06. The van der Waals surface area contributed by atoms with Crippen LogP contribution in [0.3, 0.4) is 0 Å². The summed E-state index contributed by atoms with van der Waals surface area (Å²) in [6.07, 6.45) is 2.65. The molecule has 126 valence electrons. The van der Waals surface area contributed by atoms with E-state index in [4.69, 9.17) is 0 Å². The van der Waals surface area contributed by atoms with Gasteiger partial charge in [-0.3, -0.25) is 4.79 Å². The third kappa shape index (κ3) is 6.33. The van der Waals surface area contributed by atoms with Gasteiger partial charge in [-0.2, -0.15) is 5.10 Å². The number of thioether (sulfide) groups is 2. The van der Waals surface area contributed by atoms with Gasteiger partial charge in [0.15, 0.2) is 5.16 Å². The lowest BCUT2D eigenvalue weighted by atomic mass is 10.1. The number of hydrogen-bond acceptors (Lipinski definition) is 6. The van der Waals surface area contributed by atoms with Crippen LogP contribution in [0.1, 0.15) is 18.2 Å². The van der Waals surface area contributed by atoms with E-state index >= 15 is 0 Å². The molecule has 24 heavy (non-hydrogen) atoms. The van der Waals surface area contributed by atoms with Gasteiger partial charge in [0, 0.05) is 17.8 Å². The van der Waals surface area contributed by atoms with Crippen LogP contribution in [0.25, 0.3) is 0 Å². The van der Waals surface area contributed by atoms with Gasteiger partial charge in [-0.05, 0) is 31.7 Å². The molecule has 0 bridgehead atoms. The van der Waals surface area contributed by atoms with Crippen molar-refractivity contribution in [2.24, 2.45) is 5.10 Å². The van der Waals surface area contributed by atoms with Gasteiger partial charge in [-0.1, -0.05) is 53.9 Å². The number of carbonyl (C=O) groups is 1. The molecule has 0 unspecified atom stereocenters. The van der Waals surface area contributed by atoms with E-state index < -0.39 is 0 Å². The molecule has 0 aliphatic heterocycles. The highest BCUT2D eigenvalue weighted by molar-refractivity contribution is 8.00. The Balaban J connectivity index is 1.83. The zero-order valence-corrected chi connectivity index (χ0v) is 15.6. The lowest BCUT2D eigenvalue weighted by Gasteiger charge is -2.05. The van der Waals surface area contributed by atoms with E-state index in [0.29, 0.717) is 0 Å². The molecule has 2 aromatic rings. The van der Waals surface area contributed by atoms with Gasteiger partial charge >= 0.3 is 0 Å². The van der Waals surface area contributed by atoms with Crippen molar-refractivity contribution in [2.45, 2.75) is 30.5 Å². The van der Waals surface area contributed by atoms with E-state index in [2.05, 4.69) is 20.5 Å². The van der Waals surface area contributed by atoms with Crippen molar-refractivity contribution in [3.05, 3.63) is 47.7 Å². The molecule has 0 aliphatic carbocycles. The number of benzene rings is 1. The molecule has 5 nitrogen and oxygen atoms in total. The highest BCUT2D eigenvalue weighted by atomic mass is 32.2. The zero-order valence-electron chi connectivity index (χ0n) is 13.9. The Hall–Kier alpha value is -1.86. The third-order valence-corrected chi connectivity index (χ3v) is 4.48. The zero-order chi connectivity index (χ0) is 17.4. The second-order valence-corrected chi connectivity index (χ2v) is 6.94. The summed E-state index contributed by atoms with van der Waals surface area (Å²) in [5, 5.41) is 5.67. The summed E-state index contributed by atoms with van der Waals surface area (Å²) in [6.45, 7) is 3.82. The standard InChI is InChI=1S/C17H20N4OS2/c1-12-10-16(19-17(18-12)23-3)24-11-15(22)21-20-13(2)9-14-7-5-4-6-8-14/h4-8,10H,9,11H2,1-3H3,(H,21,22). The Kier molecular flexibility index (Phi) is 7.27. The van der Waals surface area contributed by atoms with Crippen LogP contribution in [-0.4, -0.2) is 33.6 Å². The van der Waals surface area contributed by atoms with Crippen LogP contribution in [-0.2, 0) is 11.2 Å². The highest BCUT2D eigenvalue weighted by Crippen LogP contribution is 2.19. The largest absolute Gasteiger partial charge is 0.272 e. The summed E-state index contributed by atoms with van der Waals surface area (Å²) < 4.78 is 0. The Morgan fingerprint density at radius 3 is 2.71 bits per heavy atom. The van der Waals surface area contributed by atoms with Gasteiger partial charge in [-0.15, -0.1) is 0 Å². The molecule has 2 rings (SSSR count). The van der Waals surface area contributed by atoms with Crippen LogP contribution < -0.4 is 5.43 Å². The number of nitrogens with zero attached hydrogens (tertiary/aromatic N) is 3. The number of hydrazone groups is 1. The van der Waals surface area contributed by atoms with Crippen LogP contribution in [0.5, 0.6) is 0 Å². The summed E-state index contributed by atoms with van der Waals surface area (Å²) in [5.41, 5.74) is 5.53. The van der Waals surface area contributed by atoms with Crippen molar-refractivity contribution in [3.63, 3.8) is 0 Å². The first kappa shape index (κ1) is 18.5. The second kappa shape index (κ2) is 9.44. The quantitative estimate of drug-likeness (QED) is 0.270. The number of aromatic nitrogens is 2.